The molecule has 4 heteroatoms. The first kappa shape index (κ1) is 12.9. The van der Waals surface area contributed by atoms with E-state index < -0.39 is 18.5 Å². The van der Waals surface area contributed by atoms with Gasteiger partial charge in [-0.2, -0.15) is 0 Å². The molecule has 0 aromatic heterocycles. The van der Waals surface area contributed by atoms with E-state index in [0.717, 1.165) is 0 Å². The Kier molecular flexibility index (Phi) is 3.76. The van der Waals surface area contributed by atoms with Gasteiger partial charge in [0.15, 0.2) is 6.29 Å². The lowest BCUT2D eigenvalue weighted by molar-refractivity contribution is -0.265. The lowest BCUT2D eigenvalue weighted by atomic mass is 9.69. The molecule has 1 aliphatic rings. The Hall–Kier alpha value is -0.160. The minimum Gasteiger partial charge on any atom is -0.394 e. The van der Waals surface area contributed by atoms with Crippen molar-refractivity contribution >= 4 is 0 Å². The summed E-state index contributed by atoms with van der Waals surface area (Å²) in [5, 5.41) is 28.8. The third kappa shape index (κ3) is 2.50. The van der Waals surface area contributed by atoms with Gasteiger partial charge in [0.25, 0.3) is 0 Å². The number of hydrogen-bond donors (Lipinski definition) is 3. The first-order valence-corrected chi connectivity index (χ1v) is 5.41. The molecule has 15 heavy (non-hydrogen) atoms. The Labute approximate surface area is 90.9 Å². The molecule has 0 saturated carbocycles. The molecule has 5 atom stereocenters. The van der Waals surface area contributed by atoms with Crippen molar-refractivity contribution in [3.8, 4) is 0 Å². The fourth-order valence-electron chi connectivity index (χ4n) is 2.33. The van der Waals surface area contributed by atoms with E-state index in [1.807, 2.05) is 20.8 Å². The number of hydrogen-bond acceptors (Lipinski definition) is 4. The summed E-state index contributed by atoms with van der Waals surface area (Å²) in [7, 11) is 0. The molecule has 1 heterocycles. The van der Waals surface area contributed by atoms with Crippen LogP contribution < -0.4 is 0 Å². The molecular formula is C11H22O4. The second-order valence-corrected chi connectivity index (χ2v) is 5.49. The van der Waals surface area contributed by atoms with Crippen molar-refractivity contribution in [2.45, 2.75) is 46.2 Å². The van der Waals surface area contributed by atoms with Gasteiger partial charge < -0.3 is 20.1 Å². The molecule has 0 aromatic carbocycles. The highest BCUT2D eigenvalue weighted by atomic mass is 16.6. The molecule has 5 unspecified atom stereocenters. The van der Waals surface area contributed by atoms with E-state index in [9.17, 15) is 15.3 Å². The first-order chi connectivity index (χ1) is 6.79. The van der Waals surface area contributed by atoms with Gasteiger partial charge >= 0.3 is 0 Å². The molecule has 0 radical (unpaired) electrons. The monoisotopic (exact) mass is 218 g/mol. The van der Waals surface area contributed by atoms with Crippen LogP contribution in [0.2, 0.25) is 0 Å². The van der Waals surface area contributed by atoms with E-state index >= 15 is 0 Å². The van der Waals surface area contributed by atoms with Crippen molar-refractivity contribution in [1.82, 2.24) is 0 Å². The van der Waals surface area contributed by atoms with Gasteiger partial charge in [-0.25, -0.2) is 0 Å². The largest absolute Gasteiger partial charge is 0.394 e. The lowest BCUT2D eigenvalue weighted by Crippen LogP contribution is -2.55. The molecule has 1 aliphatic heterocycles. The molecular weight excluding hydrogens is 196 g/mol. The third-order valence-corrected chi connectivity index (χ3v) is 3.25. The average Bonchev–Trinajstić information content (AvgIpc) is 2.11. The van der Waals surface area contributed by atoms with E-state index in [-0.39, 0.29) is 23.9 Å². The second kappa shape index (κ2) is 4.37. The maximum atomic E-state index is 10.1. The summed E-state index contributed by atoms with van der Waals surface area (Å²) in [6.45, 7) is 7.57. The van der Waals surface area contributed by atoms with Gasteiger partial charge in [0.1, 0.15) is 0 Å². The van der Waals surface area contributed by atoms with E-state index in [1.165, 1.54) is 0 Å². The van der Waals surface area contributed by atoms with Crippen molar-refractivity contribution in [1.29, 1.82) is 0 Å². The lowest BCUT2D eigenvalue weighted by Gasteiger charge is -2.47. The summed E-state index contributed by atoms with van der Waals surface area (Å²) in [4.78, 5) is 0. The minimum atomic E-state index is -0.990. The van der Waals surface area contributed by atoms with E-state index in [0.29, 0.717) is 0 Å². The van der Waals surface area contributed by atoms with Crippen LogP contribution in [0.4, 0.5) is 0 Å². The third-order valence-electron chi connectivity index (χ3n) is 3.25. The number of aliphatic hydroxyl groups excluding tert-OH is 3. The number of ether oxygens (including phenoxy) is 1. The molecule has 3 N–H and O–H groups in total. The molecule has 0 aromatic rings. The highest BCUT2D eigenvalue weighted by Gasteiger charge is 2.47. The van der Waals surface area contributed by atoms with Crippen LogP contribution in [0, 0.1) is 17.3 Å². The van der Waals surface area contributed by atoms with Gasteiger partial charge in [-0.3, -0.25) is 0 Å². The average molecular weight is 218 g/mol. The van der Waals surface area contributed by atoms with Gasteiger partial charge in [0.05, 0.1) is 18.8 Å². The van der Waals surface area contributed by atoms with Crippen LogP contribution in [-0.4, -0.2) is 40.4 Å². The predicted molar refractivity (Wildman–Crippen MR) is 56.1 cm³/mol. The summed E-state index contributed by atoms with van der Waals surface area (Å²) in [6, 6.07) is 0. The second-order valence-electron chi connectivity index (χ2n) is 5.49. The summed E-state index contributed by atoms with van der Waals surface area (Å²) < 4.78 is 5.30. The summed E-state index contributed by atoms with van der Waals surface area (Å²) in [5.41, 5.74) is -0.165. The molecule has 0 aliphatic carbocycles. The van der Waals surface area contributed by atoms with Gasteiger partial charge in [-0.15, -0.1) is 0 Å². The van der Waals surface area contributed by atoms with Crippen molar-refractivity contribution in [2.24, 2.45) is 17.3 Å². The van der Waals surface area contributed by atoms with Gasteiger partial charge in [-0.1, -0.05) is 27.7 Å². The molecule has 4 nitrogen and oxygen atoms in total. The van der Waals surface area contributed by atoms with Crippen LogP contribution in [0.25, 0.3) is 0 Å². The Morgan fingerprint density at radius 2 is 1.73 bits per heavy atom. The molecule has 1 saturated heterocycles. The van der Waals surface area contributed by atoms with Crippen molar-refractivity contribution in [2.75, 3.05) is 6.61 Å². The zero-order valence-corrected chi connectivity index (χ0v) is 9.84. The van der Waals surface area contributed by atoms with Gasteiger partial charge in [0, 0.05) is 11.8 Å². The zero-order valence-electron chi connectivity index (χ0n) is 9.84. The van der Waals surface area contributed by atoms with Crippen LogP contribution in [0.15, 0.2) is 0 Å². The smallest absolute Gasteiger partial charge is 0.160 e. The zero-order chi connectivity index (χ0) is 11.8. The Morgan fingerprint density at radius 3 is 2.13 bits per heavy atom. The van der Waals surface area contributed by atoms with E-state index in [2.05, 4.69) is 0 Å². The highest BCUT2D eigenvalue weighted by molar-refractivity contribution is 4.92. The molecule has 1 fully saturated rings. The molecule has 0 spiro atoms. The molecule has 0 bridgehead atoms. The molecule has 90 valence electrons. The fourth-order valence-corrected chi connectivity index (χ4v) is 2.33. The van der Waals surface area contributed by atoms with Gasteiger partial charge in [-0.05, 0) is 5.41 Å². The fraction of sp³-hybridized carbons (Fsp3) is 1.00. The van der Waals surface area contributed by atoms with Crippen LogP contribution in [0.5, 0.6) is 0 Å². The Balaban J connectivity index is 2.90. The molecule has 1 rings (SSSR count). The SMILES string of the molecule is CC1C(O)OC(CO)C(C(C)(C)C)C1O. The number of rotatable bonds is 1. The maximum absolute atomic E-state index is 10.1. The summed E-state index contributed by atoms with van der Waals surface area (Å²) in [5.74, 6) is -0.488. The van der Waals surface area contributed by atoms with Crippen molar-refractivity contribution < 1.29 is 20.1 Å². The van der Waals surface area contributed by atoms with Crippen LogP contribution in [0.1, 0.15) is 27.7 Å². The van der Waals surface area contributed by atoms with E-state index in [4.69, 9.17) is 4.74 Å². The van der Waals surface area contributed by atoms with Crippen molar-refractivity contribution in [3.05, 3.63) is 0 Å². The number of aliphatic hydroxyl groups is 3. The highest BCUT2D eigenvalue weighted by Crippen LogP contribution is 2.40. The minimum absolute atomic E-state index is 0.165. The topological polar surface area (TPSA) is 69.9 Å². The summed E-state index contributed by atoms with van der Waals surface area (Å²) >= 11 is 0. The Morgan fingerprint density at radius 1 is 1.20 bits per heavy atom. The van der Waals surface area contributed by atoms with Crippen LogP contribution in [-0.2, 0) is 4.74 Å². The summed E-state index contributed by atoms with van der Waals surface area (Å²) in [6.07, 6.45) is -2.13. The first-order valence-electron chi connectivity index (χ1n) is 5.41. The molecule has 0 amide bonds. The maximum Gasteiger partial charge on any atom is 0.160 e. The van der Waals surface area contributed by atoms with E-state index in [1.54, 1.807) is 6.92 Å². The van der Waals surface area contributed by atoms with Gasteiger partial charge in [0.2, 0.25) is 0 Å². The quantitative estimate of drug-likeness (QED) is 0.594. The Bertz CT molecular complexity index is 209. The predicted octanol–water partition coefficient (Wildman–Crippen LogP) is 0.355. The van der Waals surface area contributed by atoms with Crippen molar-refractivity contribution in [3.63, 3.8) is 0 Å². The normalized spacial score (nSPS) is 43.0. The van der Waals surface area contributed by atoms with Crippen LogP contribution >= 0.6 is 0 Å². The standard InChI is InChI=1S/C11H22O4/c1-6-9(13)8(11(2,3)4)7(5-12)15-10(6)14/h6-10,12-14H,5H2,1-4H3. The van der Waals surface area contributed by atoms with Crippen LogP contribution in [0.3, 0.4) is 0 Å².